The van der Waals surface area contributed by atoms with Gasteiger partial charge < -0.3 is 15.6 Å². The Morgan fingerprint density at radius 3 is 2.70 bits per heavy atom. The molecule has 1 heterocycles. The molecule has 0 bridgehead atoms. The van der Waals surface area contributed by atoms with Crippen LogP contribution in [0.4, 0.5) is 0 Å². The van der Waals surface area contributed by atoms with Crippen molar-refractivity contribution in [3.63, 3.8) is 0 Å². The van der Waals surface area contributed by atoms with Crippen molar-refractivity contribution in [2.24, 2.45) is 5.73 Å². The number of amides is 1. The Morgan fingerprint density at radius 2 is 2.00 bits per heavy atom. The highest BCUT2D eigenvalue weighted by Gasteiger charge is 2.26. The van der Waals surface area contributed by atoms with Gasteiger partial charge in [-0.2, -0.15) is 9.98 Å². The van der Waals surface area contributed by atoms with E-state index in [1.807, 2.05) is 35.1 Å². The van der Waals surface area contributed by atoms with Gasteiger partial charge in [0.2, 0.25) is 15.9 Å². The highest BCUT2D eigenvalue weighted by Crippen LogP contribution is 2.26. The molecule has 0 radical (unpaired) electrons. The van der Waals surface area contributed by atoms with Crippen LogP contribution in [0.15, 0.2) is 59.6 Å². The zero-order valence-electron chi connectivity index (χ0n) is 17.3. The number of benzene rings is 2. The number of carbonyl (C=O) groups excluding carboxylic acids is 1. The Balaban J connectivity index is 1.87. The van der Waals surface area contributed by atoms with E-state index in [-0.39, 0.29) is 22.8 Å². The second-order valence-electron chi connectivity index (χ2n) is 7.01. The zero-order chi connectivity index (χ0) is 24.0. The van der Waals surface area contributed by atoms with Crippen LogP contribution in [0.25, 0.3) is 10.9 Å². The van der Waals surface area contributed by atoms with Crippen molar-refractivity contribution in [1.29, 1.82) is 5.26 Å². The fourth-order valence-electron chi connectivity index (χ4n) is 3.19. The number of primary amides is 1. The van der Waals surface area contributed by atoms with Gasteiger partial charge in [-0.25, -0.2) is 8.42 Å². The molecule has 0 aliphatic carbocycles. The third-order valence-electron chi connectivity index (χ3n) is 4.71. The van der Waals surface area contributed by atoms with Crippen molar-refractivity contribution in [2.75, 3.05) is 6.61 Å². The molecule has 11 heteroatoms. The fourth-order valence-corrected chi connectivity index (χ4v) is 4.46. The van der Waals surface area contributed by atoms with Gasteiger partial charge in [-0.05, 0) is 35.9 Å². The molecule has 0 unspecified atom stereocenters. The highest BCUT2D eigenvalue weighted by molar-refractivity contribution is 7.89. The second kappa shape index (κ2) is 10.1. The summed E-state index contributed by atoms with van der Waals surface area (Å²) in [4.78, 5) is 26.4. The van der Waals surface area contributed by atoms with Crippen LogP contribution in [0.5, 0.6) is 5.75 Å². The largest absolute Gasteiger partial charge is 0.492 e. The number of rotatable bonds is 10. The number of pyridine rings is 1. The molecule has 10 nitrogen and oxygen atoms in total. The molecule has 0 spiro atoms. The standard InChI is InChI=1S/C22H20N4O6S/c23-13-16(12-21(27)28)26-33(30,31)20-7-6-15(22(24)29)11-19(20)32-10-8-14-3-1-5-18-17(14)4-2-9-25-18/h1-7,9,11,16,26H,8,10,12H2,(H2,24,29)(H,27,28)/t16-/m1/s1. The quantitative estimate of drug-likeness (QED) is 0.402. The predicted octanol–water partition coefficient (Wildman–Crippen LogP) is 1.60. The lowest BCUT2D eigenvalue weighted by molar-refractivity contribution is -0.137. The van der Waals surface area contributed by atoms with Gasteiger partial charge in [0.05, 0.1) is 24.6 Å². The number of hydrogen-bond donors (Lipinski definition) is 3. The molecule has 1 amide bonds. The van der Waals surface area contributed by atoms with Crippen molar-refractivity contribution in [3.05, 3.63) is 65.9 Å². The van der Waals surface area contributed by atoms with Gasteiger partial charge in [-0.15, -0.1) is 0 Å². The molecule has 1 aromatic heterocycles. The summed E-state index contributed by atoms with van der Waals surface area (Å²) in [7, 11) is -4.34. The first-order valence-electron chi connectivity index (χ1n) is 9.74. The first-order valence-corrected chi connectivity index (χ1v) is 11.2. The molecule has 0 saturated heterocycles. The predicted molar refractivity (Wildman–Crippen MR) is 118 cm³/mol. The maximum absolute atomic E-state index is 12.8. The molecule has 0 saturated carbocycles. The minimum Gasteiger partial charge on any atom is -0.492 e. The van der Waals surface area contributed by atoms with Crippen LogP contribution in [-0.4, -0.2) is 43.0 Å². The van der Waals surface area contributed by atoms with Crippen LogP contribution in [0.2, 0.25) is 0 Å². The number of ether oxygens (including phenoxy) is 1. The summed E-state index contributed by atoms with van der Waals surface area (Å²) >= 11 is 0. The molecule has 3 aromatic rings. The highest BCUT2D eigenvalue weighted by atomic mass is 32.2. The van der Waals surface area contributed by atoms with Crippen molar-refractivity contribution in [1.82, 2.24) is 9.71 Å². The normalized spacial score (nSPS) is 12.1. The summed E-state index contributed by atoms with van der Waals surface area (Å²) in [6.45, 7) is 0.0650. The summed E-state index contributed by atoms with van der Waals surface area (Å²) in [5, 5.41) is 18.9. The lowest BCUT2D eigenvalue weighted by atomic mass is 10.1. The summed E-state index contributed by atoms with van der Waals surface area (Å²) < 4.78 is 33.4. The topological polar surface area (TPSA) is 172 Å². The van der Waals surface area contributed by atoms with E-state index in [0.29, 0.717) is 6.42 Å². The summed E-state index contributed by atoms with van der Waals surface area (Å²) in [6.07, 6.45) is 1.37. The van der Waals surface area contributed by atoms with E-state index in [9.17, 15) is 18.0 Å². The smallest absolute Gasteiger partial charge is 0.306 e. The number of nitrogens with zero attached hydrogens (tertiary/aromatic N) is 2. The van der Waals surface area contributed by atoms with Gasteiger partial charge in [-0.1, -0.05) is 18.2 Å². The van der Waals surface area contributed by atoms with Gasteiger partial charge in [0.1, 0.15) is 16.7 Å². The van der Waals surface area contributed by atoms with Crippen LogP contribution < -0.4 is 15.2 Å². The Bertz CT molecular complexity index is 1350. The molecule has 170 valence electrons. The third kappa shape index (κ3) is 5.82. The number of carbonyl (C=O) groups is 2. The Labute approximate surface area is 189 Å². The molecular formula is C22H20N4O6S. The Morgan fingerprint density at radius 1 is 1.21 bits per heavy atom. The molecule has 0 fully saturated rings. The van der Waals surface area contributed by atoms with E-state index in [1.54, 1.807) is 12.3 Å². The zero-order valence-corrected chi connectivity index (χ0v) is 18.1. The number of nitriles is 1. The number of fused-ring (bicyclic) bond motifs is 1. The molecule has 4 N–H and O–H groups in total. The minimum absolute atomic E-state index is 0.0284. The monoisotopic (exact) mass is 468 g/mol. The van der Waals surface area contributed by atoms with E-state index in [2.05, 4.69) is 4.98 Å². The molecule has 0 aliphatic heterocycles. The maximum atomic E-state index is 12.8. The van der Waals surface area contributed by atoms with E-state index < -0.39 is 34.4 Å². The first-order chi connectivity index (χ1) is 15.7. The van der Waals surface area contributed by atoms with Crippen molar-refractivity contribution >= 4 is 32.8 Å². The number of aliphatic carboxylic acids is 1. The number of nitrogens with two attached hydrogens (primary N) is 1. The fraction of sp³-hybridized carbons (Fsp3) is 0.182. The van der Waals surface area contributed by atoms with Crippen molar-refractivity contribution in [3.8, 4) is 11.8 Å². The van der Waals surface area contributed by atoms with E-state index in [4.69, 9.17) is 20.8 Å². The van der Waals surface area contributed by atoms with Gasteiger partial charge in [0, 0.05) is 23.6 Å². The SMILES string of the molecule is N#C[C@@H](CC(=O)O)NS(=O)(=O)c1ccc(C(N)=O)cc1OCCc1cccc2ncccc12. The number of carboxylic acid groups (broad SMARTS) is 1. The first kappa shape index (κ1) is 23.6. The molecular weight excluding hydrogens is 448 g/mol. The van der Waals surface area contributed by atoms with Gasteiger partial charge in [0.25, 0.3) is 0 Å². The van der Waals surface area contributed by atoms with Gasteiger partial charge >= 0.3 is 5.97 Å². The van der Waals surface area contributed by atoms with Gasteiger partial charge in [0.15, 0.2) is 0 Å². The average Bonchev–Trinajstić information content (AvgIpc) is 2.78. The number of aromatic nitrogens is 1. The lowest BCUT2D eigenvalue weighted by Gasteiger charge is -2.15. The number of nitrogens with one attached hydrogen (secondary N) is 1. The minimum atomic E-state index is -4.34. The number of hydrogen-bond acceptors (Lipinski definition) is 7. The van der Waals surface area contributed by atoms with E-state index in [0.717, 1.165) is 22.5 Å². The molecule has 1 atom stereocenters. The average molecular weight is 468 g/mol. The van der Waals surface area contributed by atoms with E-state index in [1.165, 1.54) is 12.1 Å². The Kier molecular flexibility index (Phi) is 7.22. The number of sulfonamides is 1. The van der Waals surface area contributed by atoms with Crippen molar-refractivity contribution in [2.45, 2.75) is 23.8 Å². The van der Waals surface area contributed by atoms with Crippen LogP contribution in [0.1, 0.15) is 22.3 Å². The van der Waals surface area contributed by atoms with Crippen LogP contribution in [-0.2, 0) is 21.2 Å². The van der Waals surface area contributed by atoms with Crippen molar-refractivity contribution < 1.29 is 27.9 Å². The van der Waals surface area contributed by atoms with Crippen LogP contribution in [0, 0.1) is 11.3 Å². The molecule has 3 rings (SSSR count). The second-order valence-corrected chi connectivity index (χ2v) is 8.69. The lowest BCUT2D eigenvalue weighted by Crippen LogP contribution is -2.35. The van der Waals surface area contributed by atoms with Crippen LogP contribution in [0.3, 0.4) is 0 Å². The summed E-state index contributed by atoms with van der Waals surface area (Å²) in [6, 6.07) is 13.0. The molecule has 33 heavy (non-hydrogen) atoms. The molecule has 2 aromatic carbocycles. The van der Waals surface area contributed by atoms with Crippen LogP contribution >= 0.6 is 0 Å². The summed E-state index contributed by atoms with van der Waals surface area (Å²) in [5.41, 5.74) is 7.07. The third-order valence-corrected chi connectivity index (χ3v) is 6.23. The molecule has 0 aliphatic rings. The Hall–Kier alpha value is -4.01. The maximum Gasteiger partial charge on any atom is 0.306 e. The number of carboxylic acids is 1. The van der Waals surface area contributed by atoms with Gasteiger partial charge in [-0.3, -0.25) is 14.6 Å². The summed E-state index contributed by atoms with van der Waals surface area (Å²) in [5.74, 6) is -2.27. The van der Waals surface area contributed by atoms with E-state index >= 15 is 0 Å².